The van der Waals surface area contributed by atoms with Gasteiger partial charge in [0.1, 0.15) is 5.56 Å². The lowest BCUT2D eigenvalue weighted by molar-refractivity contribution is -0.394. The first-order chi connectivity index (χ1) is 8.47. The van der Waals surface area contributed by atoms with Crippen LogP contribution in [0.4, 0.5) is 11.4 Å². The first kappa shape index (κ1) is 13.6. The van der Waals surface area contributed by atoms with E-state index >= 15 is 0 Å². The Morgan fingerprint density at radius 3 is 2.44 bits per heavy atom. The first-order valence-electron chi connectivity index (χ1n) is 5.18. The molecule has 8 heteroatoms. The molecule has 18 heavy (non-hydrogen) atoms. The Hall–Kier alpha value is -2.51. The molecule has 1 N–H and O–H groups in total. The average Bonchev–Trinajstić information content (AvgIpc) is 2.34. The lowest BCUT2D eigenvalue weighted by atomic mass is 10.1. The number of hydrogen-bond acceptors (Lipinski definition) is 5. The van der Waals surface area contributed by atoms with E-state index in [1.165, 1.54) is 0 Å². The fourth-order valence-corrected chi connectivity index (χ4v) is 1.31. The monoisotopic (exact) mass is 253 g/mol. The predicted molar refractivity (Wildman–Crippen MR) is 62.4 cm³/mol. The van der Waals surface area contributed by atoms with Crippen LogP contribution in [0.15, 0.2) is 18.2 Å². The van der Waals surface area contributed by atoms with E-state index in [0.29, 0.717) is 13.0 Å². The summed E-state index contributed by atoms with van der Waals surface area (Å²) in [4.78, 5) is 31.4. The number of rotatable bonds is 5. The molecule has 1 amide bonds. The van der Waals surface area contributed by atoms with Gasteiger partial charge in [0.2, 0.25) is 0 Å². The Balaban J connectivity index is 3.15. The van der Waals surface area contributed by atoms with Gasteiger partial charge in [-0.15, -0.1) is 0 Å². The molecule has 0 heterocycles. The minimum absolute atomic E-state index is 0.181. The summed E-state index contributed by atoms with van der Waals surface area (Å²) < 4.78 is 0. The number of nitrogens with one attached hydrogen (secondary N) is 1. The van der Waals surface area contributed by atoms with Crippen LogP contribution in [-0.4, -0.2) is 22.3 Å². The molecule has 0 unspecified atom stereocenters. The van der Waals surface area contributed by atoms with Gasteiger partial charge in [-0.05, 0) is 12.5 Å². The van der Waals surface area contributed by atoms with Crippen LogP contribution < -0.4 is 5.32 Å². The van der Waals surface area contributed by atoms with Gasteiger partial charge in [-0.25, -0.2) is 0 Å². The molecule has 0 aromatic heterocycles. The SMILES string of the molecule is CCCNC(=O)c1ccc([N+](=O)[O-])cc1[N+](=O)[O-]. The number of non-ortho nitro benzene ring substituents is 1. The van der Waals surface area contributed by atoms with Crippen molar-refractivity contribution in [1.82, 2.24) is 5.32 Å². The number of amides is 1. The van der Waals surface area contributed by atoms with Gasteiger partial charge in [-0.1, -0.05) is 6.92 Å². The van der Waals surface area contributed by atoms with Crippen LogP contribution in [0.5, 0.6) is 0 Å². The van der Waals surface area contributed by atoms with Crippen molar-refractivity contribution >= 4 is 17.3 Å². The van der Waals surface area contributed by atoms with Crippen molar-refractivity contribution in [3.8, 4) is 0 Å². The molecule has 1 aromatic carbocycles. The summed E-state index contributed by atoms with van der Waals surface area (Å²) in [6, 6.07) is 2.93. The van der Waals surface area contributed by atoms with E-state index in [9.17, 15) is 25.0 Å². The predicted octanol–water partition coefficient (Wildman–Crippen LogP) is 1.64. The van der Waals surface area contributed by atoms with Crippen LogP contribution in [0.1, 0.15) is 23.7 Å². The zero-order valence-corrected chi connectivity index (χ0v) is 9.58. The molecule has 8 nitrogen and oxygen atoms in total. The number of benzene rings is 1. The zero-order valence-electron chi connectivity index (χ0n) is 9.58. The maximum absolute atomic E-state index is 11.6. The minimum Gasteiger partial charge on any atom is -0.352 e. The molecule has 0 saturated heterocycles. The lowest BCUT2D eigenvalue weighted by Crippen LogP contribution is -2.24. The molecule has 0 spiro atoms. The molecule has 0 atom stereocenters. The summed E-state index contributed by atoms with van der Waals surface area (Å²) in [5, 5.41) is 23.8. The maximum atomic E-state index is 11.6. The van der Waals surface area contributed by atoms with Gasteiger partial charge >= 0.3 is 0 Å². The minimum atomic E-state index is -0.812. The summed E-state index contributed by atoms with van der Waals surface area (Å²) in [7, 11) is 0. The number of carbonyl (C=O) groups excluding carboxylic acids is 1. The van der Waals surface area contributed by atoms with Crippen LogP contribution in [0, 0.1) is 20.2 Å². The highest BCUT2D eigenvalue weighted by molar-refractivity contribution is 5.98. The Bertz CT molecular complexity index is 500. The third kappa shape index (κ3) is 3.00. The molecule has 0 fully saturated rings. The van der Waals surface area contributed by atoms with E-state index in [2.05, 4.69) is 5.32 Å². The topological polar surface area (TPSA) is 115 Å². The highest BCUT2D eigenvalue weighted by atomic mass is 16.6. The lowest BCUT2D eigenvalue weighted by Gasteiger charge is -2.04. The summed E-state index contributed by atoms with van der Waals surface area (Å²) in [6.07, 6.45) is 0.687. The summed E-state index contributed by atoms with van der Waals surface area (Å²) in [5.41, 5.74) is -1.18. The van der Waals surface area contributed by atoms with Gasteiger partial charge in [0, 0.05) is 12.6 Å². The summed E-state index contributed by atoms with van der Waals surface area (Å²) in [6.45, 7) is 2.22. The third-order valence-corrected chi connectivity index (χ3v) is 2.17. The van der Waals surface area contributed by atoms with Gasteiger partial charge in [0.15, 0.2) is 0 Å². The average molecular weight is 253 g/mol. The molecule has 0 radical (unpaired) electrons. The smallest absolute Gasteiger partial charge is 0.289 e. The van der Waals surface area contributed by atoms with E-state index < -0.39 is 27.1 Å². The van der Waals surface area contributed by atoms with Crippen LogP contribution in [0.25, 0.3) is 0 Å². The van der Waals surface area contributed by atoms with E-state index in [0.717, 1.165) is 18.2 Å². The number of nitro groups is 2. The van der Waals surface area contributed by atoms with E-state index in [4.69, 9.17) is 0 Å². The molecule has 0 bridgehead atoms. The van der Waals surface area contributed by atoms with Crippen LogP contribution in [-0.2, 0) is 0 Å². The van der Waals surface area contributed by atoms with Gasteiger partial charge in [-0.3, -0.25) is 25.0 Å². The summed E-state index contributed by atoms with van der Waals surface area (Å²) in [5.74, 6) is -0.613. The van der Waals surface area contributed by atoms with Crippen molar-refractivity contribution in [2.75, 3.05) is 6.54 Å². The van der Waals surface area contributed by atoms with Crippen LogP contribution in [0.3, 0.4) is 0 Å². The maximum Gasteiger partial charge on any atom is 0.289 e. The number of nitro benzene ring substituents is 2. The second-order valence-corrected chi connectivity index (χ2v) is 3.47. The van der Waals surface area contributed by atoms with Gasteiger partial charge in [0.05, 0.1) is 15.9 Å². The fourth-order valence-electron chi connectivity index (χ4n) is 1.31. The molecular weight excluding hydrogens is 242 g/mol. The zero-order chi connectivity index (χ0) is 13.7. The Morgan fingerprint density at radius 2 is 1.94 bits per heavy atom. The Morgan fingerprint density at radius 1 is 1.28 bits per heavy atom. The molecule has 96 valence electrons. The molecular formula is C10H11N3O5. The molecule has 0 aliphatic heterocycles. The van der Waals surface area contributed by atoms with Crippen LogP contribution >= 0.6 is 0 Å². The highest BCUT2D eigenvalue weighted by Crippen LogP contribution is 2.24. The Kier molecular flexibility index (Phi) is 4.30. The Labute approximate surface area is 102 Å². The molecule has 1 aromatic rings. The van der Waals surface area contributed by atoms with Gasteiger partial charge in [-0.2, -0.15) is 0 Å². The second-order valence-electron chi connectivity index (χ2n) is 3.47. The fraction of sp³-hybridized carbons (Fsp3) is 0.300. The third-order valence-electron chi connectivity index (χ3n) is 2.17. The normalized spacial score (nSPS) is 9.83. The van der Waals surface area contributed by atoms with E-state index in [1.807, 2.05) is 6.92 Å². The van der Waals surface area contributed by atoms with Crippen molar-refractivity contribution in [1.29, 1.82) is 0 Å². The van der Waals surface area contributed by atoms with Crippen molar-refractivity contribution in [2.45, 2.75) is 13.3 Å². The van der Waals surface area contributed by atoms with Gasteiger partial charge < -0.3 is 5.32 Å². The quantitative estimate of drug-likeness (QED) is 0.632. The molecule has 1 rings (SSSR count). The van der Waals surface area contributed by atoms with E-state index in [-0.39, 0.29) is 5.56 Å². The number of nitrogens with zero attached hydrogens (tertiary/aromatic N) is 2. The van der Waals surface area contributed by atoms with Crippen molar-refractivity contribution in [2.24, 2.45) is 0 Å². The van der Waals surface area contributed by atoms with Crippen LogP contribution in [0.2, 0.25) is 0 Å². The summed E-state index contributed by atoms with van der Waals surface area (Å²) >= 11 is 0. The highest BCUT2D eigenvalue weighted by Gasteiger charge is 2.23. The van der Waals surface area contributed by atoms with E-state index in [1.54, 1.807) is 0 Å². The van der Waals surface area contributed by atoms with Crippen molar-refractivity contribution in [3.05, 3.63) is 44.0 Å². The first-order valence-corrected chi connectivity index (χ1v) is 5.18. The molecule has 0 saturated carbocycles. The molecule has 0 aliphatic rings. The number of carbonyl (C=O) groups is 1. The van der Waals surface area contributed by atoms with Crippen molar-refractivity contribution in [3.63, 3.8) is 0 Å². The molecule has 0 aliphatic carbocycles. The number of hydrogen-bond donors (Lipinski definition) is 1. The largest absolute Gasteiger partial charge is 0.352 e. The second kappa shape index (κ2) is 5.71. The van der Waals surface area contributed by atoms with Gasteiger partial charge in [0.25, 0.3) is 17.3 Å². The van der Waals surface area contributed by atoms with Crippen molar-refractivity contribution < 1.29 is 14.6 Å². The standard InChI is InChI=1S/C10H11N3O5/c1-2-5-11-10(14)8-4-3-7(12(15)16)6-9(8)13(17)18/h3-4,6H,2,5H2,1H3,(H,11,14).